The summed E-state index contributed by atoms with van der Waals surface area (Å²) < 4.78 is 5.34. The standard InChI is InChI=1S/C8H12N4OS/c1-4-7(13-6(3)10-4)5(2)11-12-8(9)14/h1-3H3,(H3,9,12,14)/b11-5+. The van der Waals surface area contributed by atoms with Crippen LogP contribution in [0.5, 0.6) is 0 Å². The number of thiocarbonyl (C=S) groups is 1. The first-order valence-electron chi connectivity index (χ1n) is 4.05. The lowest BCUT2D eigenvalue weighted by Crippen LogP contribution is -2.25. The highest BCUT2D eigenvalue weighted by Gasteiger charge is 2.09. The van der Waals surface area contributed by atoms with Crippen LogP contribution in [0.15, 0.2) is 9.52 Å². The van der Waals surface area contributed by atoms with Crippen molar-refractivity contribution < 1.29 is 4.42 Å². The van der Waals surface area contributed by atoms with Gasteiger partial charge in [-0.05, 0) is 26.1 Å². The first kappa shape index (κ1) is 10.6. The summed E-state index contributed by atoms with van der Waals surface area (Å²) in [4.78, 5) is 4.12. The van der Waals surface area contributed by atoms with Crippen LogP contribution in [0.1, 0.15) is 24.3 Å². The molecule has 0 radical (unpaired) electrons. The minimum absolute atomic E-state index is 0.123. The van der Waals surface area contributed by atoms with E-state index in [1.165, 1.54) is 0 Å². The molecule has 1 aromatic rings. The molecule has 1 heterocycles. The van der Waals surface area contributed by atoms with E-state index in [0.29, 0.717) is 17.4 Å². The van der Waals surface area contributed by atoms with Gasteiger partial charge in [-0.2, -0.15) is 5.10 Å². The summed E-state index contributed by atoms with van der Waals surface area (Å²) in [5, 5.41) is 4.06. The van der Waals surface area contributed by atoms with E-state index in [0.717, 1.165) is 5.69 Å². The zero-order valence-corrected chi connectivity index (χ0v) is 9.10. The molecule has 0 bridgehead atoms. The van der Waals surface area contributed by atoms with E-state index in [1.807, 2.05) is 6.92 Å². The lowest BCUT2D eigenvalue weighted by Gasteiger charge is -1.98. The van der Waals surface area contributed by atoms with Crippen LogP contribution in [-0.2, 0) is 0 Å². The van der Waals surface area contributed by atoms with Crippen LogP contribution in [0.2, 0.25) is 0 Å². The second-order valence-corrected chi connectivity index (χ2v) is 3.26. The molecule has 1 aromatic heterocycles. The number of hydrogen-bond acceptors (Lipinski definition) is 4. The van der Waals surface area contributed by atoms with Gasteiger partial charge in [-0.1, -0.05) is 0 Å². The van der Waals surface area contributed by atoms with Crippen LogP contribution in [0.3, 0.4) is 0 Å². The number of nitrogens with one attached hydrogen (secondary N) is 1. The first-order valence-corrected chi connectivity index (χ1v) is 4.45. The van der Waals surface area contributed by atoms with E-state index in [2.05, 4.69) is 27.7 Å². The molecular weight excluding hydrogens is 200 g/mol. The molecule has 5 nitrogen and oxygen atoms in total. The molecule has 0 saturated carbocycles. The number of hydrazone groups is 1. The topological polar surface area (TPSA) is 76.4 Å². The van der Waals surface area contributed by atoms with Gasteiger partial charge < -0.3 is 10.2 Å². The Labute approximate surface area is 87.4 Å². The van der Waals surface area contributed by atoms with Crippen molar-refractivity contribution in [2.24, 2.45) is 10.8 Å². The summed E-state index contributed by atoms with van der Waals surface area (Å²) in [6.45, 7) is 5.43. The molecule has 0 aliphatic heterocycles. The molecule has 0 fully saturated rings. The van der Waals surface area contributed by atoms with Crippen molar-refractivity contribution in [3.8, 4) is 0 Å². The number of hydrogen-bond donors (Lipinski definition) is 2. The maximum absolute atomic E-state index is 5.34. The summed E-state index contributed by atoms with van der Waals surface area (Å²) in [7, 11) is 0. The maximum Gasteiger partial charge on any atom is 0.192 e. The van der Waals surface area contributed by atoms with E-state index in [9.17, 15) is 0 Å². The Kier molecular flexibility index (Phi) is 3.19. The van der Waals surface area contributed by atoms with Gasteiger partial charge in [0.25, 0.3) is 0 Å². The quantitative estimate of drug-likeness (QED) is 0.432. The fraction of sp³-hybridized carbons (Fsp3) is 0.375. The molecule has 0 unspecified atom stereocenters. The fourth-order valence-corrected chi connectivity index (χ4v) is 1.10. The molecule has 0 saturated heterocycles. The Morgan fingerprint density at radius 1 is 1.57 bits per heavy atom. The Morgan fingerprint density at radius 3 is 2.64 bits per heavy atom. The van der Waals surface area contributed by atoms with Crippen LogP contribution < -0.4 is 11.2 Å². The Morgan fingerprint density at radius 2 is 2.21 bits per heavy atom. The van der Waals surface area contributed by atoms with Crippen molar-refractivity contribution >= 4 is 23.0 Å². The lowest BCUT2D eigenvalue weighted by molar-refractivity contribution is 0.512. The SMILES string of the molecule is C/C(=N\NC(N)=S)c1oc(C)nc1C. The smallest absolute Gasteiger partial charge is 0.192 e. The molecule has 14 heavy (non-hydrogen) atoms. The van der Waals surface area contributed by atoms with Crippen LogP contribution in [0, 0.1) is 13.8 Å². The molecule has 76 valence electrons. The van der Waals surface area contributed by atoms with E-state index in [-0.39, 0.29) is 5.11 Å². The second kappa shape index (κ2) is 4.19. The molecule has 0 spiro atoms. The van der Waals surface area contributed by atoms with E-state index in [1.54, 1.807) is 13.8 Å². The van der Waals surface area contributed by atoms with Crippen molar-refractivity contribution in [2.45, 2.75) is 20.8 Å². The molecule has 6 heteroatoms. The number of nitrogens with zero attached hydrogens (tertiary/aromatic N) is 2. The summed E-state index contributed by atoms with van der Waals surface area (Å²) in [6.07, 6.45) is 0. The van der Waals surface area contributed by atoms with E-state index in [4.69, 9.17) is 10.2 Å². The molecule has 0 aliphatic rings. The highest BCUT2D eigenvalue weighted by molar-refractivity contribution is 7.80. The minimum atomic E-state index is 0.123. The number of aromatic nitrogens is 1. The number of oxazole rings is 1. The highest BCUT2D eigenvalue weighted by Crippen LogP contribution is 2.09. The largest absolute Gasteiger partial charge is 0.439 e. The molecule has 0 aliphatic carbocycles. The Bertz CT molecular complexity index is 383. The molecule has 0 atom stereocenters. The summed E-state index contributed by atoms with van der Waals surface area (Å²) in [5.41, 5.74) is 9.18. The molecular formula is C8H12N4OS. The van der Waals surface area contributed by atoms with Gasteiger partial charge in [0.1, 0.15) is 5.71 Å². The lowest BCUT2D eigenvalue weighted by atomic mass is 10.3. The average molecular weight is 212 g/mol. The van der Waals surface area contributed by atoms with Crippen LogP contribution in [-0.4, -0.2) is 15.8 Å². The van der Waals surface area contributed by atoms with Gasteiger partial charge in [0, 0.05) is 6.92 Å². The van der Waals surface area contributed by atoms with Crippen LogP contribution in [0.25, 0.3) is 0 Å². The second-order valence-electron chi connectivity index (χ2n) is 2.82. The molecule has 3 N–H and O–H groups in total. The third kappa shape index (κ3) is 2.53. The van der Waals surface area contributed by atoms with Crippen LogP contribution >= 0.6 is 12.2 Å². The first-order chi connectivity index (χ1) is 6.50. The third-order valence-electron chi connectivity index (χ3n) is 1.57. The number of rotatable bonds is 2. The van der Waals surface area contributed by atoms with Crippen molar-refractivity contribution in [1.29, 1.82) is 0 Å². The monoisotopic (exact) mass is 212 g/mol. The predicted octanol–water partition coefficient (Wildman–Crippen LogP) is 0.849. The van der Waals surface area contributed by atoms with Gasteiger partial charge in [-0.3, -0.25) is 5.43 Å². The van der Waals surface area contributed by atoms with Crippen molar-refractivity contribution in [1.82, 2.24) is 10.4 Å². The van der Waals surface area contributed by atoms with E-state index >= 15 is 0 Å². The van der Waals surface area contributed by atoms with Crippen LogP contribution in [0.4, 0.5) is 0 Å². The summed E-state index contributed by atoms with van der Waals surface area (Å²) in [5.74, 6) is 1.26. The zero-order chi connectivity index (χ0) is 10.7. The predicted molar refractivity (Wildman–Crippen MR) is 58.1 cm³/mol. The summed E-state index contributed by atoms with van der Waals surface area (Å²) in [6, 6.07) is 0. The summed E-state index contributed by atoms with van der Waals surface area (Å²) >= 11 is 4.62. The van der Waals surface area contributed by atoms with Gasteiger partial charge in [-0.25, -0.2) is 4.98 Å². The van der Waals surface area contributed by atoms with Gasteiger partial charge in [0.05, 0.1) is 5.69 Å². The Balaban J connectivity index is 2.88. The normalized spacial score (nSPS) is 11.5. The highest BCUT2D eigenvalue weighted by atomic mass is 32.1. The Hall–Kier alpha value is -1.43. The van der Waals surface area contributed by atoms with E-state index < -0.39 is 0 Å². The molecule has 0 aromatic carbocycles. The zero-order valence-electron chi connectivity index (χ0n) is 8.29. The maximum atomic E-state index is 5.34. The average Bonchev–Trinajstić information content (AvgIpc) is 2.41. The third-order valence-corrected chi connectivity index (χ3v) is 1.66. The van der Waals surface area contributed by atoms with Crippen molar-refractivity contribution in [3.63, 3.8) is 0 Å². The minimum Gasteiger partial charge on any atom is -0.439 e. The van der Waals surface area contributed by atoms with Crippen molar-refractivity contribution in [2.75, 3.05) is 0 Å². The number of nitrogens with two attached hydrogens (primary N) is 1. The molecule has 0 amide bonds. The van der Waals surface area contributed by atoms with Gasteiger partial charge in [-0.15, -0.1) is 0 Å². The van der Waals surface area contributed by atoms with Gasteiger partial charge in [0.2, 0.25) is 0 Å². The van der Waals surface area contributed by atoms with Crippen molar-refractivity contribution in [3.05, 3.63) is 17.3 Å². The van der Waals surface area contributed by atoms with Gasteiger partial charge in [0.15, 0.2) is 16.8 Å². The number of aryl methyl sites for hydroxylation is 2. The molecule has 1 rings (SSSR count). The fourth-order valence-electron chi connectivity index (χ4n) is 1.06. The van der Waals surface area contributed by atoms with Gasteiger partial charge >= 0.3 is 0 Å².